The van der Waals surface area contributed by atoms with Crippen LogP contribution in [-0.2, 0) is 6.42 Å². The molecular weight excluding hydrogens is 198 g/mol. The fourth-order valence-corrected chi connectivity index (χ4v) is 2.63. The summed E-state index contributed by atoms with van der Waals surface area (Å²) in [7, 11) is 0. The molecule has 88 valence electrons. The lowest BCUT2D eigenvalue weighted by Crippen LogP contribution is -2.38. The van der Waals surface area contributed by atoms with Crippen molar-refractivity contribution >= 4 is 0 Å². The summed E-state index contributed by atoms with van der Waals surface area (Å²) in [5, 5.41) is 0. The average Bonchev–Trinajstić information content (AvgIpc) is 2.82. The first-order valence-corrected chi connectivity index (χ1v) is 6.24. The number of hydrazine groups is 1. The molecule has 0 amide bonds. The fraction of sp³-hybridized carbons (Fsp3) is 0.615. The van der Waals surface area contributed by atoms with Gasteiger partial charge in [0.05, 0.1) is 0 Å². The van der Waals surface area contributed by atoms with Crippen LogP contribution in [0.15, 0.2) is 24.4 Å². The van der Waals surface area contributed by atoms with Crippen LogP contribution >= 0.6 is 0 Å². The van der Waals surface area contributed by atoms with Gasteiger partial charge >= 0.3 is 0 Å². The van der Waals surface area contributed by atoms with Gasteiger partial charge in [-0.25, -0.2) is 0 Å². The minimum absolute atomic E-state index is 0.373. The molecule has 0 bridgehead atoms. The zero-order chi connectivity index (χ0) is 11.2. The van der Waals surface area contributed by atoms with E-state index in [0.29, 0.717) is 6.04 Å². The molecule has 0 aliphatic heterocycles. The van der Waals surface area contributed by atoms with Gasteiger partial charge in [-0.2, -0.15) is 0 Å². The van der Waals surface area contributed by atoms with Gasteiger partial charge in [-0.05, 0) is 24.5 Å². The highest BCUT2D eigenvalue weighted by molar-refractivity contribution is 5.05. The number of aromatic nitrogens is 1. The van der Waals surface area contributed by atoms with Gasteiger partial charge in [-0.15, -0.1) is 0 Å². The molecule has 1 aliphatic rings. The van der Waals surface area contributed by atoms with Crippen molar-refractivity contribution in [3.05, 3.63) is 30.1 Å². The molecule has 1 aromatic heterocycles. The van der Waals surface area contributed by atoms with Gasteiger partial charge in [0.25, 0.3) is 0 Å². The largest absolute Gasteiger partial charge is 0.271 e. The van der Waals surface area contributed by atoms with Crippen LogP contribution in [0.2, 0.25) is 0 Å². The molecule has 2 rings (SSSR count). The number of nitrogens with one attached hydrogen (secondary N) is 1. The third-order valence-corrected chi connectivity index (χ3v) is 3.51. The van der Waals surface area contributed by atoms with Crippen molar-refractivity contribution in [3.63, 3.8) is 0 Å². The van der Waals surface area contributed by atoms with Gasteiger partial charge in [0.1, 0.15) is 0 Å². The van der Waals surface area contributed by atoms with E-state index in [-0.39, 0.29) is 0 Å². The molecule has 1 unspecified atom stereocenters. The van der Waals surface area contributed by atoms with Crippen molar-refractivity contribution in [1.29, 1.82) is 0 Å². The summed E-state index contributed by atoms with van der Waals surface area (Å²) in [5.41, 5.74) is 4.07. The first-order chi connectivity index (χ1) is 7.88. The Morgan fingerprint density at radius 1 is 1.38 bits per heavy atom. The van der Waals surface area contributed by atoms with Crippen molar-refractivity contribution in [3.8, 4) is 0 Å². The average molecular weight is 219 g/mol. The molecule has 3 N–H and O–H groups in total. The highest BCUT2D eigenvalue weighted by atomic mass is 15.2. The zero-order valence-corrected chi connectivity index (χ0v) is 9.73. The monoisotopic (exact) mass is 219 g/mol. The Balaban J connectivity index is 1.85. The first kappa shape index (κ1) is 11.6. The predicted octanol–water partition coefficient (Wildman–Crippen LogP) is 2.04. The van der Waals surface area contributed by atoms with Gasteiger partial charge in [-0.3, -0.25) is 16.3 Å². The van der Waals surface area contributed by atoms with E-state index in [0.717, 1.165) is 18.0 Å². The maximum atomic E-state index is 5.62. The lowest BCUT2D eigenvalue weighted by atomic mass is 9.96. The maximum Gasteiger partial charge on any atom is 0.0419 e. The Labute approximate surface area is 97.4 Å². The summed E-state index contributed by atoms with van der Waals surface area (Å²) >= 11 is 0. The lowest BCUT2D eigenvalue weighted by Gasteiger charge is -2.19. The van der Waals surface area contributed by atoms with Gasteiger partial charge < -0.3 is 0 Å². The van der Waals surface area contributed by atoms with Crippen LogP contribution in [0.5, 0.6) is 0 Å². The third kappa shape index (κ3) is 3.29. The topological polar surface area (TPSA) is 50.9 Å². The molecule has 0 spiro atoms. The van der Waals surface area contributed by atoms with Crippen molar-refractivity contribution < 1.29 is 0 Å². The maximum absolute atomic E-state index is 5.62. The Kier molecular flexibility index (Phi) is 4.31. The van der Waals surface area contributed by atoms with Crippen LogP contribution < -0.4 is 11.3 Å². The minimum Gasteiger partial charge on any atom is -0.271 e. The number of hydrogen-bond acceptors (Lipinski definition) is 3. The summed E-state index contributed by atoms with van der Waals surface area (Å²) in [6.45, 7) is 0. The number of hydrogen-bond donors (Lipinski definition) is 2. The van der Waals surface area contributed by atoms with Crippen LogP contribution in [-0.4, -0.2) is 11.0 Å². The summed E-state index contributed by atoms with van der Waals surface area (Å²) in [6.07, 6.45) is 9.51. The molecule has 1 atom stereocenters. The normalized spacial score (nSPS) is 18.8. The van der Waals surface area contributed by atoms with Gasteiger partial charge in [0.15, 0.2) is 0 Å². The molecule has 0 saturated heterocycles. The second kappa shape index (κ2) is 5.97. The standard InChI is InChI=1S/C13H21N3/c14-16-13(9-11-5-1-2-6-11)10-12-7-3-4-8-15-12/h3-4,7-8,11,13,16H,1-2,5-6,9-10,14H2. The smallest absolute Gasteiger partial charge is 0.0419 e. The molecule has 3 nitrogen and oxygen atoms in total. The van der Waals surface area contributed by atoms with E-state index >= 15 is 0 Å². The number of nitrogens with two attached hydrogens (primary N) is 1. The fourth-order valence-electron chi connectivity index (χ4n) is 2.63. The Hall–Kier alpha value is -0.930. The Morgan fingerprint density at radius 3 is 2.81 bits per heavy atom. The van der Waals surface area contributed by atoms with Crippen LogP contribution in [0.4, 0.5) is 0 Å². The van der Waals surface area contributed by atoms with Crippen molar-refractivity contribution in [2.75, 3.05) is 0 Å². The van der Waals surface area contributed by atoms with Crippen LogP contribution in [0.1, 0.15) is 37.8 Å². The van der Waals surface area contributed by atoms with E-state index in [4.69, 9.17) is 5.84 Å². The third-order valence-electron chi connectivity index (χ3n) is 3.51. The predicted molar refractivity (Wildman–Crippen MR) is 65.6 cm³/mol. The molecule has 0 radical (unpaired) electrons. The molecule has 1 aliphatic carbocycles. The van der Waals surface area contributed by atoms with Gasteiger partial charge in [-0.1, -0.05) is 31.7 Å². The van der Waals surface area contributed by atoms with Crippen LogP contribution in [0.25, 0.3) is 0 Å². The molecule has 1 aromatic rings. The number of rotatable bonds is 5. The van der Waals surface area contributed by atoms with Crippen LogP contribution in [0, 0.1) is 5.92 Å². The highest BCUT2D eigenvalue weighted by Crippen LogP contribution is 2.28. The zero-order valence-electron chi connectivity index (χ0n) is 9.73. The summed E-state index contributed by atoms with van der Waals surface area (Å²) in [5.74, 6) is 6.49. The molecule has 16 heavy (non-hydrogen) atoms. The summed E-state index contributed by atoms with van der Waals surface area (Å²) < 4.78 is 0. The lowest BCUT2D eigenvalue weighted by molar-refractivity contribution is 0.387. The molecule has 0 aromatic carbocycles. The van der Waals surface area contributed by atoms with Crippen molar-refractivity contribution in [1.82, 2.24) is 10.4 Å². The highest BCUT2D eigenvalue weighted by Gasteiger charge is 2.19. The van der Waals surface area contributed by atoms with Crippen molar-refractivity contribution in [2.24, 2.45) is 11.8 Å². The molecule has 3 heteroatoms. The second-order valence-electron chi connectivity index (χ2n) is 4.77. The Bertz CT molecular complexity index is 293. The molecular formula is C13H21N3. The van der Waals surface area contributed by atoms with E-state index in [1.165, 1.54) is 32.1 Å². The van der Waals surface area contributed by atoms with E-state index in [2.05, 4.69) is 16.5 Å². The number of pyridine rings is 1. The molecule has 1 heterocycles. The van der Waals surface area contributed by atoms with Crippen molar-refractivity contribution in [2.45, 2.75) is 44.6 Å². The Morgan fingerprint density at radius 2 is 2.19 bits per heavy atom. The quantitative estimate of drug-likeness (QED) is 0.588. The van der Waals surface area contributed by atoms with Crippen LogP contribution in [0.3, 0.4) is 0 Å². The van der Waals surface area contributed by atoms with E-state index in [9.17, 15) is 0 Å². The van der Waals surface area contributed by atoms with Gasteiger partial charge in [0.2, 0.25) is 0 Å². The molecule has 1 fully saturated rings. The first-order valence-electron chi connectivity index (χ1n) is 6.24. The minimum atomic E-state index is 0.373. The molecule has 1 saturated carbocycles. The number of nitrogens with zero attached hydrogens (tertiary/aromatic N) is 1. The van der Waals surface area contributed by atoms with Gasteiger partial charge in [0, 0.05) is 24.4 Å². The summed E-state index contributed by atoms with van der Waals surface area (Å²) in [6, 6.07) is 6.42. The van der Waals surface area contributed by atoms with E-state index in [1.807, 2.05) is 18.3 Å². The summed E-state index contributed by atoms with van der Waals surface area (Å²) in [4.78, 5) is 4.35. The second-order valence-corrected chi connectivity index (χ2v) is 4.77. The van der Waals surface area contributed by atoms with E-state index < -0.39 is 0 Å². The SMILES string of the molecule is NNC(Cc1ccccn1)CC1CCCC1. The van der Waals surface area contributed by atoms with E-state index in [1.54, 1.807) is 0 Å².